The molecule has 0 bridgehead atoms. The lowest BCUT2D eigenvalue weighted by Gasteiger charge is -2.36. The molecule has 4 rings (SSSR count). The van der Waals surface area contributed by atoms with Crippen LogP contribution >= 0.6 is 0 Å². The van der Waals surface area contributed by atoms with Crippen LogP contribution < -0.4 is 4.90 Å². The fourth-order valence-electron chi connectivity index (χ4n) is 3.85. The third-order valence-corrected chi connectivity index (χ3v) is 5.44. The molecule has 1 N–H and O–H groups in total. The monoisotopic (exact) mass is 408 g/mol. The molecule has 1 saturated heterocycles. The number of carbonyl (C=O) groups excluding carboxylic acids is 1. The number of piperazine rings is 1. The van der Waals surface area contributed by atoms with Gasteiger partial charge in [-0.15, -0.1) is 0 Å². The van der Waals surface area contributed by atoms with E-state index in [4.69, 9.17) is 0 Å². The number of amides is 1. The number of aromatic hydroxyl groups is 1. The van der Waals surface area contributed by atoms with Crippen LogP contribution in [0.5, 0.6) is 5.75 Å². The average Bonchev–Trinajstić information content (AvgIpc) is 2.73. The zero-order chi connectivity index (χ0) is 21.3. The Balaban J connectivity index is 1.75. The van der Waals surface area contributed by atoms with Crippen molar-refractivity contribution in [1.29, 1.82) is 0 Å². The summed E-state index contributed by atoms with van der Waals surface area (Å²) in [6.45, 7) is 6.49. The van der Waals surface area contributed by atoms with Gasteiger partial charge in [0.05, 0.1) is 11.1 Å². The van der Waals surface area contributed by atoms with Crippen LogP contribution in [0.1, 0.15) is 25.3 Å². The van der Waals surface area contributed by atoms with Crippen LogP contribution in [0.4, 0.5) is 10.2 Å². The number of phenolic OH excluding ortho intramolecular Hbond substituents is 1. The second kappa shape index (κ2) is 8.26. The lowest BCUT2D eigenvalue weighted by molar-refractivity contribution is -0.131. The maximum Gasteiger partial charge on any atom is 0.222 e. The van der Waals surface area contributed by atoms with Crippen molar-refractivity contribution in [2.75, 3.05) is 31.1 Å². The number of nitrogens with zero attached hydrogens (tertiary/aromatic N) is 4. The van der Waals surface area contributed by atoms with Gasteiger partial charge in [-0.1, -0.05) is 19.1 Å². The number of hydrogen-bond donors (Lipinski definition) is 1. The molecular weight excluding hydrogens is 383 g/mol. The number of benzene rings is 2. The van der Waals surface area contributed by atoms with E-state index >= 15 is 0 Å². The van der Waals surface area contributed by atoms with Crippen molar-refractivity contribution in [3.63, 3.8) is 0 Å². The summed E-state index contributed by atoms with van der Waals surface area (Å²) in [6, 6.07) is 10.1. The zero-order valence-corrected chi connectivity index (χ0v) is 17.2. The summed E-state index contributed by atoms with van der Waals surface area (Å²) in [5.74, 6) is 0.270. The highest BCUT2D eigenvalue weighted by Gasteiger charge is 2.24. The Morgan fingerprint density at radius 2 is 1.90 bits per heavy atom. The Morgan fingerprint density at radius 3 is 2.60 bits per heavy atom. The van der Waals surface area contributed by atoms with E-state index in [0.717, 1.165) is 17.4 Å². The predicted molar refractivity (Wildman–Crippen MR) is 115 cm³/mol. The first-order chi connectivity index (χ1) is 14.5. The normalized spacial score (nSPS) is 14.4. The molecule has 156 valence electrons. The molecule has 0 aliphatic carbocycles. The van der Waals surface area contributed by atoms with E-state index in [1.807, 2.05) is 36.9 Å². The van der Waals surface area contributed by atoms with Gasteiger partial charge in [0.15, 0.2) is 5.82 Å². The Hall–Kier alpha value is -3.22. The zero-order valence-electron chi connectivity index (χ0n) is 17.2. The highest BCUT2D eigenvalue weighted by atomic mass is 19.1. The summed E-state index contributed by atoms with van der Waals surface area (Å²) in [7, 11) is 0. The highest BCUT2D eigenvalue weighted by Crippen LogP contribution is 2.34. The molecule has 1 amide bonds. The molecule has 0 unspecified atom stereocenters. The molecule has 1 aromatic heterocycles. The quantitative estimate of drug-likeness (QED) is 0.709. The average molecular weight is 408 g/mol. The number of carbonyl (C=O) groups is 1. The van der Waals surface area contributed by atoms with E-state index in [1.165, 1.54) is 18.2 Å². The molecule has 2 heterocycles. The van der Waals surface area contributed by atoms with E-state index in [0.29, 0.717) is 43.9 Å². The van der Waals surface area contributed by atoms with Crippen LogP contribution in [0.2, 0.25) is 0 Å². The van der Waals surface area contributed by atoms with Crippen LogP contribution in [0.25, 0.3) is 22.3 Å². The second-order valence-corrected chi connectivity index (χ2v) is 7.64. The molecule has 1 aliphatic rings. The van der Waals surface area contributed by atoms with E-state index in [2.05, 4.69) is 14.9 Å². The minimum absolute atomic E-state index is 0.00100. The fourth-order valence-corrected chi connectivity index (χ4v) is 3.85. The number of phenols is 1. The van der Waals surface area contributed by atoms with E-state index in [9.17, 15) is 14.3 Å². The topological polar surface area (TPSA) is 69.6 Å². The van der Waals surface area contributed by atoms with Gasteiger partial charge in [-0.2, -0.15) is 0 Å². The van der Waals surface area contributed by atoms with Crippen molar-refractivity contribution >= 4 is 22.6 Å². The molecular formula is C23H25FN4O2. The summed E-state index contributed by atoms with van der Waals surface area (Å²) < 4.78 is 14.5. The third kappa shape index (κ3) is 3.79. The van der Waals surface area contributed by atoms with Crippen molar-refractivity contribution in [2.45, 2.75) is 26.7 Å². The molecule has 1 fully saturated rings. The summed E-state index contributed by atoms with van der Waals surface area (Å²) in [5.41, 5.74) is 1.73. The molecule has 7 heteroatoms. The minimum atomic E-state index is -0.567. The maximum atomic E-state index is 14.5. The summed E-state index contributed by atoms with van der Waals surface area (Å²) >= 11 is 0. The molecule has 2 aromatic carbocycles. The molecule has 3 aromatic rings. The molecule has 0 spiro atoms. The molecule has 0 saturated carbocycles. The van der Waals surface area contributed by atoms with Gasteiger partial charge in [0.25, 0.3) is 0 Å². The van der Waals surface area contributed by atoms with Crippen LogP contribution in [0.15, 0.2) is 36.4 Å². The Kier molecular flexibility index (Phi) is 5.53. The molecule has 0 radical (unpaired) electrons. The second-order valence-electron chi connectivity index (χ2n) is 7.64. The van der Waals surface area contributed by atoms with Crippen LogP contribution in [0.3, 0.4) is 0 Å². The number of fused-ring (bicyclic) bond motifs is 1. The number of anilines is 1. The summed E-state index contributed by atoms with van der Waals surface area (Å²) in [4.78, 5) is 25.4. The van der Waals surface area contributed by atoms with E-state index < -0.39 is 5.82 Å². The fraction of sp³-hybridized carbons (Fsp3) is 0.348. The predicted octanol–water partition coefficient (Wildman–Crippen LogP) is 3.90. The summed E-state index contributed by atoms with van der Waals surface area (Å²) in [6.07, 6.45) is 1.40. The van der Waals surface area contributed by atoms with Gasteiger partial charge in [0.2, 0.25) is 5.91 Å². The lowest BCUT2D eigenvalue weighted by atomic mass is 10.1. The minimum Gasteiger partial charge on any atom is -0.507 e. The third-order valence-electron chi connectivity index (χ3n) is 5.44. The molecule has 0 atom stereocenters. The van der Waals surface area contributed by atoms with Crippen LogP contribution in [-0.2, 0) is 4.79 Å². The first kappa shape index (κ1) is 20.1. The van der Waals surface area contributed by atoms with Gasteiger partial charge in [-0.25, -0.2) is 14.4 Å². The Bertz CT molecular complexity index is 1070. The van der Waals surface area contributed by atoms with Gasteiger partial charge in [-0.05, 0) is 43.2 Å². The molecule has 30 heavy (non-hydrogen) atoms. The van der Waals surface area contributed by atoms with Crippen molar-refractivity contribution in [3.05, 3.63) is 47.8 Å². The Labute approximate surface area is 175 Å². The van der Waals surface area contributed by atoms with Gasteiger partial charge in [-0.3, -0.25) is 4.79 Å². The molecule has 6 nitrogen and oxygen atoms in total. The number of halogens is 1. The van der Waals surface area contributed by atoms with Crippen molar-refractivity contribution in [1.82, 2.24) is 14.9 Å². The van der Waals surface area contributed by atoms with Crippen LogP contribution in [-0.4, -0.2) is 52.1 Å². The van der Waals surface area contributed by atoms with Gasteiger partial charge >= 0.3 is 0 Å². The lowest BCUT2D eigenvalue weighted by Crippen LogP contribution is -2.49. The van der Waals surface area contributed by atoms with Gasteiger partial charge < -0.3 is 14.9 Å². The first-order valence-corrected chi connectivity index (χ1v) is 10.3. The Morgan fingerprint density at radius 1 is 1.13 bits per heavy atom. The number of hydrogen-bond acceptors (Lipinski definition) is 5. The van der Waals surface area contributed by atoms with E-state index in [1.54, 1.807) is 0 Å². The number of aryl methyl sites for hydroxylation is 1. The van der Waals surface area contributed by atoms with Crippen LogP contribution in [0, 0.1) is 12.7 Å². The maximum absolute atomic E-state index is 14.5. The highest BCUT2D eigenvalue weighted by molar-refractivity contribution is 5.92. The van der Waals surface area contributed by atoms with Gasteiger partial charge in [0, 0.05) is 38.0 Å². The van der Waals surface area contributed by atoms with E-state index in [-0.39, 0.29) is 23.0 Å². The molecule has 1 aliphatic heterocycles. The van der Waals surface area contributed by atoms with Crippen molar-refractivity contribution in [3.8, 4) is 17.1 Å². The SMILES string of the molecule is CCCC(=O)N1CCN(c2nc(-c3c(O)cccc3F)nc3cc(C)ccc23)CC1. The smallest absolute Gasteiger partial charge is 0.222 e. The standard InChI is InChI=1S/C23H25FN4O2/c1-3-5-20(30)27-10-12-28(13-11-27)23-16-9-8-15(2)14-18(16)25-22(26-23)21-17(24)6-4-7-19(21)29/h4,6-9,14,29H,3,5,10-13H2,1-2H3. The summed E-state index contributed by atoms with van der Waals surface area (Å²) in [5, 5.41) is 11.1. The van der Waals surface area contributed by atoms with Crippen molar-refractivity contribution in [2.24, 2.45) is 0 Å². The van der Waals surface area contributed by atoms with Crippen molar-refractivity contribution < 1.29 is 14.3 Å². The number of rotatable bonds is 4. The van der Waals surface area contributed by atoms with Gasteiger partial charge in [0.1, 0.15) is 17.4 Å². The number of aromatic nitrogens is 2. The first-order valence-electron chi connectivity index (χ1n) is 10.3. The largest absolute Gasteiger partial charge is 0.507 e.